The maximum Gasteiger partial charge on any atom is 0.169 e. The molecule has 0 spiro atoms. The molecule has 1 heterocycles. The minimum absolute atomic E-state index is 0.527. The van der Waals surface area contributed by atoms with Gasteiger partial charge in [0.2, 0.25) is 0 Å². The first-order chi connectivity index (χ1) is 8.27. The summed E-state index contributed by atoms with van der Waals surface area (Å²) in [6.07, 6.45) is 2.99. The van der Waals surface area contributed by atoms with E-state index >= 15 is 0 Å². The van der Waals surface area contributed by atoms with Crippen molar-refractivity contribution in [2.45, 2.75) is 33.1 Å². The minimum Gasteiger partial charge on any atom is -0.381 e. The first-order valence-electron chi connectivity index (χ1n) is 6.06. The van der Waals surface area contributed by atoms with Crippen LogP contribution in [-0.2, 0) is 12.8 Å². The van der Waals surface area contributed by atoms with Gasteiger partial charge < -0.3 is 5.73 Å². The van der Waals surface area contributed by atoms with Gasteiger partial charge in [-0.1, -0.05) is 43.7 Å². The minimum atomic E-state index is 0.527. The van der Waals surface area contributed by atoms with E-state index in [2.05, 4.69) is 42.4 Å². The highest BCUT2D eigenvalue weighted by molar-refractivity contribution is 5.45. The van der Waals surface area contributed by atoms with Crippen molar-refractivity contribution in [1.82, 2.24) is 15.0 Å². The number of hydrogen-bond acceptors (Lipinski definition) is 3. The Morgan fingerprint density at radius 2 is 2.00 bits per heavy atom. The van der Waals surface area contributed by atoms with Crippen LogP contribution in [0, 0.1) is 0 Å². The van der Waals surface area contributed by atoms with Gasteiger partial charge in [0, 0.05) is 0 Å². The first-order valence-corrected chi connectivity index (χ1v) is 6.06. The summed E-state index contributed by atoms with van der Waals surface area (Å²) in [7, 11) is 0. The summed E-state index contributed by atoms with van der Waals surface area (Å²) in [5, 5.41) is 8.10. The van der Waals surface area contributed by atoms with Gasteiger partial charge in [-0.25, -0.2) is 4.68 Å². The summed E-state index contributed by atoms with van der Waals surface area (Å²) in [4.78, 5) is 0. The summed E-state index contributed by atoms with van der Waals surface area (Å²) in [6.45, 7) is 4.24. The molecule has 0 fully saturated rings. The number of nitrogens with two attached hydrogens (primary N) is 1. The summed E-state index contributed by atoms with van der Waals surface area (Å²) in [5.74, 6) is 0.527. The number of rotatable bonds is 4. The molecule has 90 valence electrons. The average Bonchev–Trinajstić information content (AvgIpc) is 2.71. The van der Waals surface area contributed by atoms with Crippen LogP contribution in [0.25, 0.3) is 5.69 Å². The average molecular weight is 230 g/mol. The Labute approximate surface area is 101 Å². The Balaban J connectivity index is 2.52. The topological polar surface area (TPSA) is 56.7 Å². The Bertz CT molecular complexity index is 502. The zero-order valence-electron chi connectivity index (χ0n) is 10.3. The number of para-hydroxylation sites is 1. The SMILES string of the molecule is CCCc1ccccc1-n1nnc(N)c1CC. The van der Waals surface area contributed by atoms with Crippen molar-refractivity contribution in [1.29, 1.82) is 0 Å². The predicted octanol–water partition coefficient (Wildman–Crippen LogP) is 2.36. The van der Waals surface area contributed by atoms with Crippen molar-refractivity contribution >= 4 is 5.82 Å². The number of aryl methyl sites for hydroxylation is 1. The maximum atomic E-state index is 5.82. The Morgan fingerprint density at radius 3 is 2.71 bits per heavy atom. The second kappa shape index (κ2) is 4.99. The van der Waals surface area contributed by atoms with Gasteiger partial charge in [-0.05, 0) is 24.5 Å². The Hall–Kier alpha value is -1.84. The molecule has 0 radical (unpaired) electrons. The van der Waals surface area contributed by atoms with Gasteiger partial charge in [-0.15, -0.1) is 5.10 Å². The van der Waals surface area contributed by atoms with Crippen LogP contribution in [0.3, 0.4) is 0 Å². The molecule has 17 heavy (non-hydrogen) atoms. The van der Waals surface area contributed by atoms with E-state index in [1.807, 2.05) is 10.7 Å². The standard InChI is InChI=1S/C13H18N4/c1-3-7-10-8-5-6-9-12(10)17-11(4-2)13(14)15-16-17/h5-6,8-9H,3-4,7,14H2,1-2H3. The molecule has 0 aliphatic rings. The van der Waals surface area contributed by atoms with E-state index in [9.17, 15) is 0 Å². The lowest BCUT2D eigenvalue weighted by atomic mass is 10.1. The van der Waals surface area contributed by atoms with Gasteiger partial charge in [0.05, 0.1) is 11.4 Å². The molecule has 0 saturated carbocycles. The van der Waals surface area contributed by atoms with Gasteiger partial charge in [0.1, 0.15) is 0 Å². The molecule has 0 aliphatic carbocycles. The van der Waals surface area contributed by atoms with Gasteiger partial charge >= 0.3 is 0 Å². The smallest absolute Gasteiger partial charge is 0.169 e. The maximum absolute atomic E-state index is 5.82. The van der Waals surface area contributed by atoms with Crippen LogP contribution in [0.1, 0.15) is 31.5 Å². The molecule has 0 bridgehead atoms. The molecule has 0 saturated heterocycles. The van der Waals surface area contributed by atoms with Crippen molar-refractivity contribution < 1.29 is 0 Å². The fourth-order valence-corrected chi connectivity index (χ4v) is 2.04. The lowest BCUT2D eigenvalue weighted by Gasteiger charge is -2.10. The lowest BCUT2D eigenvalue weighted by molar-refractivity contribution is 0.753. The van der Waals surface area contributed by atoms with E-state index in [0.29, 0.717) is 5.82 Å². The van der Waals surface area contributed by atoms with E-state index in [4.69, 9.17) is 5.73 Å². The molecular formula is C13H18N4. The molecule has 0 amide bonds. The molecule has 4 heteroatoms. The highest BCUT2D eigenvalue weighted by Gasteiger charge is 2.12. The van der Waals surface area contributed by atoms with Gasteiger partial charge in [-0.2, -0.15) is 0 Å². The third-order valence-electron chi connectivity index (χ3n) is 2.87. The van der Waals surface area contributed by atoms with Crippen LogP contribution in [0.5, 0.6) is 0 Å². The lowest BCUT2D eigenvalue weighted by Crippen LogP contribution is -2.05. The number of nitrogen functional groups attached to an aromatic ring is 1. The highest BCUT2D eigenvalue weighted by Crippen LogP contribution is 2.19. The molecular weight excluding hydrogens is 212 g/mol. The van der Waals surface area contributed by atoms with Crippen LogP contribution < -0.4 is 5.73 Å². The predicted molar refractivity (Wildman–Crippen MR) is 69.1 cm³/mol. The molecule has 2 rings (SSSR count). The quantitative estimate of drug-likeness (QED) is 0.877. The van der Waals surface area contributed by atoms with Gasteiger partial charge in [-0.3, -0.25) is 0 Å². The van der Waals surface area contributed by atoms with E-state index in [1.165, 1.54) is 5.56 Å². The van der Waals surface area contributed by atoms with Crippen molar-refractivity contribution in [3.63, 3.8) is 0 Å². The third kappa shape index (κ3) is 2.16. The Kier molecular flexibility index (Phi) is 3.42. The van der Waals surface area contributed by atoms with Crippen molar-refractivity contribution in [3.05, 3.63) is 35.5 Å². The molecule has 4 nitrogen and oxygen atoms in total. The molecule has 1 aromatic heterocycles. The van der Waals surface area contributed by atoms with Crippen LogP contribution in [-0.4, -0.2) is 15.0 Å². The molecule has 2 aromatic rings. The van der Waals surface area contributed by atoms with Crippen LogP contribution in [0.4, 0.5) is 5.82 Å². The monoisotopic (exact) mass is 230 g/mol. The fraction of sp³-hybridized carbons (Fsp3) is 0.385. The van der Waals surface area contributed by atoms with E-state index in [0.717, 1.165) is 30.6 Å². The first kappa shape index (κ1) is 11.6. The molecule has 0 atom stereocenters. The summed E-state index contributed by atoms with van der Waals surface area (Å²) < 4.78 is 1.86. The molecule has 0 aliphatic heterocycles. The van der Waals surface area contributed by atoms with E-state index in [1.54, 1.807) is 0 Å². The molecule has 0 unspecified atom stereocenters. The summed E-state index contributed by atoms with van der Waals surface area (Å²) >= 11 is 0. The number of hydrogen-bond donors (Lipinski definition) is 1. The van der Waals surface area contributed by atoms with E-state index in [-0.39, 0.29) is 0 Å². The van der Waals surface area contributed by atoms with Gasteiger partial charge in [0.25, 0.3) is 0 Å². The van der Waals surface area contributed by atoms with E-state index < -0.39 is 0 Å². The van der Waals surface area contributed by atoms with Crippen molar-refractivity contribution in [2.75, 3.05) is 5.73 Å². The Morgan fingerprint density at radius 1 is 1.24 bits per heavy atom. The van der Waals surface area contributed by atoms with Crippen LogP contribution >= 0.6 is 0 Å². The summed E-state index contributed by atoms with van der Waals surface area (Å²) in [6, 6.07) is 8.28. The second-order valence-corrected chi connectivity index (χ2v) is 4.07. The fourth-order valence-electron chi connectivity index (χ4n) is 2.04. The number of benzene rings is 1. The third-order valence-corrected chi connectivity index (χ3v) is 2.87. The largest absolute Gasteiger partial charge is 0.381 e. The number of anilines is 1. The summed E-state index contributed by atoms with van der Waals surface area (Å²) in [5.41, 5.74) is 9.18. The van der Waals surface area contributed by atoms with Crippen LogP contribution in [0.2, 0.25) is 0 Å². The molecule has 1 aromatic carbocycles. The van der Waals surface area contributed by atoms with Crippen molar-refractivity contribution in [2.24, 2.45) is 0 Å². The zero-order chi connectivity index (χ0) is 12.3. The van der Waals surface area contributed by atoms with Gasteiger partial charge in [0.15, 0.2) is 5.82 Å². The van der Waals surface area contributed by atoms with Crippen molar-refractivity contribution in [3.8, 4) is 5.69 Å². The van der Waals surface area contributed by atoms with Crippen LogP contribution in [0.15, 0.2) is 24.3 Å². The molecule has 2 N–H and O–H groups in total. The normalized spacial score (nSPS) is 10.7. The second-order valence-electron chi connectivity index (χ2n) is 4.07. The number of nitrogens with zero attached hydrogens (tertiary/aromatic N) is 3. The zero-order valence-corrected chi connectivity index (χ0v) is 10.3. The number of aromatic nitrogens is 3. The highest BCUT2D eigenvalue weighted by atomic mass is 15.4.